The van der Waals surface area contributed by atoms with Crippen LogP contribution in [0.25, 0.3) is 71.5 Å². The molecule has 2 aromatic heterocycles. The lowest BCUT2D eigenvalue weighted by atomic mass is 9.97. The molecule has 0 radical (unpaired) electrons. The van der Waals surface area contributed by atoms with Gasteiger partial charge in [0.25, 0.3) is 0 Å². The van der Waals surface area contributed by atoms with Gasteiger partial charge in [-0.2, -0.15) is 0 Å². The number of pyridine rings is 1. The Bertz CT molecular complexity index is 2130. The summed E-state index contributed by atoms with van der Waals surface area (Å²) in [6.07, 6.45) is 0. The van der Waals surface area contributed by atoms with Gasteiger partial charge >= 0.3 is 0 Å². The van der Waals surface area contributed by atoms with Crippen LogP contribution in [0.5, 0.6) is 0 Å². The van der Waals surface area contributed by atoms with Crippen molar-refractivity contribution in [2.45, 2.75) is 0 Å². The van der Waals surface area contributed by atoms with E-state index in [-0.39, 0.29) is 0 Å². The molecule has 0 fully saturated rings. The third-order valence-corrected chi connectivity index (χ3v) is 7.97. The highest BCUT2D eigenvalue weighted by molar-refractivity contribution is 6.22. The summed E-state index contributed by atoms with van der Waals surface area (Å²) >= 11 is 0. The van der Waals surface area contributed by atoms with Crippen molar-refractivity contribution in [3.05, 3.63) is 152 Å². The van der Waals surface area contributed by atoms with Crippen LogP contribution in [0.15, 0.2) is 152 Å². The molecule has 0 aliphatic rings. The molecule has 1 heteroatoms. The van der Waals surface area contributed by atoms with E-state index in [1.165, 1.54) is 71.5 Å². The SMILES string of the molecule is c1ccc(-c2ccc(-c3ccc4c(-c5ccccc5)c5c6ccccc6c6ccccc6n5c4c3)cc2)cc1. The quantitative estimate of drug-likeness (QED) is 0.215. The standard InChI is InChI=1S/C38H25N/c1-3-11-26(12-4-1)27-19-21-28(22-20-27)30-23-24-34-36(25-30)39-35-18-10-9-16-32(35)31-15-7-8-17-33(31)38(39)37(34)29-13-5-2-6-14-29/h1-25H. The first-order valence-corrected chi connectivity index (χ1v) is 13.5. The van der Waals surface area contributed by atoms with Gasteiger partial charge in [0, 0.05) is 21.7 Å². The molecule has 182 valence electrons. The van der Waals surface area contributed by atoms with Crippen molar-refractivity contribution in [2.75, 3.05) is 0 Å². The predicted octanol–water partition coefficient (Wildman–Crippen LogP) is 10.4. The highest BCUT2D eigenvalue weighted by Crippen LogP contribution is 2.43. The summed E-state index contributed by atoms with van der Waals surface area (Å²) in [6.45, 7) is 0. The minimum absolute atomic E-state index is 1.22. The fraction of sp³-hybridized carbons (Fsp3) is 0. The minimum Gasteiger partial charge on any atom is -0.308 e. The van der Waals surface area contributed by atoms with E-state index in [0.717, 1.165) is 0 Å². The molecule has 0 saturated heterocycles. The summed E-state index contributed by atoms with van der Waals surface area (Å²) in [4.78, 5) is 0. The van der Waals surface area contributed by atoms with E-state index in [4.69, 9.17) is 0 Å². The zero-order valence-corrected chi connectivity index (χ0v) is 21.4. The van der Waals surface area contributed by atoms with Gasteiger partial charge in [0.1, 0.15) is 0 Å². The number of rotatable bonds is 3. The first-order valence-electron chi connectivity index (χ1n) is 13.5. The second-order valence-electron chi connectivity index (χ2n) is 10.2. The van der Waals surface area contributed by atoms with Crippen LogP contribution in [0, 0.1) is 0 Å². The molecule has 0 atom stereocenters. The number of fused-ring (bicyclic) bond motifs is 8. The molecule has 0 bridgehead atoms. The lowest BCUT2D eigenvalue weighted by molar-refractivity contribution is 1.35. The first kappa shape index (κ1) is 21.9. The van der Waals surface area contributed by atoms with E-state index < -0.39 is 0 Å². The number of hydrogen-bond acceptors (Lipinski definition) is 0. The van der Waals surface area contributed by atoms with Gasteiger partial charge in [-0.05, 0) is 45.3 Å². The van der Waals surface area contributed by atoms with Gasteiger partial charge in [-0.3, -0.25) is 0 Å². The van der Waals surface area contributed by atoms with E-state index in [2.05, 4.69) is 156 Å². The zero-order valence-electron chi connectivity index (χ0n) is 21.4. The molecule has 0 unspecified atom stereocenters. The van der Waals surface area contributed by atoms with Crippen LogP contribution in [0.4, 0.5) is 0 Å². The van der Waals surface area contributed by atoms with Crippen molar-refractivity contribution in [3.63, 3.8) is 0 Å². The maximum atomic E-state index is 2.48. The molecule has 39 heavy (non-hydrogen) atoms. The molecule has 0 aliphatic carbocycles. The summed E-state index contributed by atoms with van der Waals surface area (Å²) in [5.74, 6) is 0. The monoisotopic (exact) mass is 495 g/mol. The van der Waals surface area contributed by atoms with Gasteiger partial charge < -0.3 is 4.40 Å². The Balaban J connectivity index is 1.45. The Labute approximate surface area is 227 Å². The van der Waals surface area contributed by atoms with E-state index in [1.54, 1.807) is 0 Å². The van der Waals surface area contributed by atoms with Crippen LogP contribution >= 0.6 is 0 Å². The topological polar surface area (TPSA) is 4.41 Å². The van der Waals surface area contributed by atoms with Gasteiger partial charge in [-0.25, -0.2) is 0 Å². The molecular formula is C38H25N. The van der Waals surface area contributed by atoms with Gasteiger partial charge in [-0.1, -0.05) is 140 Å². The Kier molecular flexibility index (Phi) is 4.89. The lowest BCUT2D eigenvalue weighted by Gasteiger charge is -2.11. The highest BCUT2D eigenvalue weighted by Gasteiger charge is 2.19. The minimum atomic E-state index is 1.22. The molecule has 6 aromatic carbocycles. The smallest absolute Gasteiger partial charge is 0.0625 e. The number of aromatic nitrogens is 1. The number of hydrogen-bond donors (Lipinski definition) is 0. The molecule has 0 saturated carbocycles. The predicted molar refractivity (Wildman–Crippen MR) is 166 cm³/mol. The largest absolute Gasteiger partial charge is 0.308 e. The van der Waals surface area contributed by atoms with E-state index in [9.17, 15) is 0 Å². The van der Waals surface area contributed by atoms with E-state index in [1.807, 2.05) is 0 Å². The Morgan fingerprint density at radius 3 is 1.54 bits per heavy atom. The molecule has 0 spiro atoms. The third-order valence-electron chi connectivity index (χ3n) is 7.97. The molecular weight excluding hydrogens is 470 g/mol. The lowest BCUT2D eigenvalue weighted by Crippen LogP contribution is -1.91. The maximum Gasteiger partial charge on any atom is 0.0625 e. The highest BCUT2D eigenvalue weighted by atomic mass is 14.9. The van der Waals surface area contributed by atoms with Crippen LogP contribution in [0.2, 0.25) is 0 Å². The third kappa shape index (κ3) is 3.41. The van der Waals surface area contributed by atoms with Crippen molar-refractivity contribution in [2.24, 2.45) is 0 Å². The van der Waals surface area contributed by atoms with Crippen LogP contribution < -0.4 is 0 Å². The van der Waals surface area contributed by atoms with Crippen LogP contribution in [0.3, 0.4) is 0 Å². The van der Waals surface area contributed by atoms with Crippen molar-refractivity contribution in [1.29, 1.82) is 0 Å². The second kappa shape index (κ2) is 8.72. The normalized spacial score (nSPS) is 11.6. The van der Waals surface area contributed by atoms with Gasteiger partial charge in [-0.15, -0.1) is 0 Å². The summed E-state index contributed by atoms with van der Waals surface area (Å²) in [6, 6.07) is 54.9. The van der Waals surface area contributed by atoms with Crippen LogP contribution in [-0.2, 0) is 0 Å². The molecule has 2 heterocycles. The average molecular weight is 496 g/mol. The number of nitrogens with zero attached hydrogens (tertiary/aromatic N) is 1. The van der Waals surface area contributed by atoms with Gasteiger partial charge in [0.2, 0.25) is 0 Å². The van der Waals surface area contributed by atoms with Crippen LogP contribution in [0.1, 0.15) is 0 Å². The fourth-order valence-electron chi connectivity index (χ4n) is 6.18. The molecule has 0 N–H and O–H groups in total. The van der Waals surface area contributed by atoms with Crippen molar-refractivity contribution < 1.29 is 0 Å². The zero-order chi connectivity index (χ0) is 25.8. The molecule has 0 aliphatic heterocycles. The van der Waals surface area contributed by atoms with E-state index >= 15 is 0 Å². The van der Waals surface area contributed by atoms with Crippen molar-refractivity contribution in [1.82, 2.24) is 4.40 Å². The molecule has 0 amide bonds. The van der Waals surface area contributed by atoms with Crippen molar-refractivity contribution >= 4 is 38.1 Å². The Hall–Kier alpha value is -5.14. The van der Waals surface area contributed by atoms with Gasteiger partial charge in [0.15, 0.2) is 0 Å². The number of benzene rings is 6. The maximum absolute atomic E-state index is 2.48. The Morgan fingerprint density at radius 2 is 0.821 bits per heavy atom. The fourth-order valence-corrected chi connectivity index (χ4v) is 6.18. The summed E-state index contributed by atoms with van der Waals surface area (Å²) in [7, 11) is 0. The molecule has 8 rings (SSSR count). The second-order valence-corrected chi connectivity index (χ2v) is 10.2. The summed E-state index contributed by atoms with van der Waals surface area (Å²) in [5.41, 5.74) is 11.2. The Morgan fingerprint density at radius 1 is 0.308 bits per heavy atom. The summed E-state index contributed by atoms with van der Waals surface area (Å²) < 4.78 is 2.48. The molecule has 8 aromatic rings. The molecule has 1 nitrogen and oxygen atoms in total. The van der Waals surface area contributed by atoms with Gasteiger partial charge in [0.05, 0.1) is 16.6 Å². The van der Waals surface area contributed by atoms with E-state index in [0.29, 0.717) is 0 Å². The van der Waals surface area contributed by atoms with Crippen molar-refractivity contribution in [3.8, 4) is 33.4 Å². The number of para-hydroxylation sites is 1. The summed E-state index contributed by atoms with van der Waals surface area (Å²) in [5, 5.41) is 5.11. The average Bonchev–Trinajstić information content (AvgIpc) is 3.37. The first-order chi connectivity index (χ1) is 19.4. The van der Waals surface area contributed by atoms with Crippen LogP contribution in [-0.4, -0.2) is 4.40 Å².